The first-order valence-electron chi connectivity index (χ1n) is 7.77. The number of anilines is 1. The number of carbonyl (C=O) groups excluding carboxylic acids is 1. The molecule has 1 N–H and O–H groups in total. The third-order valence-electron chi connectivity index (χ3n) is 3.64. The third-order valence-corrected chi connectivity index (χ3v) is 3.64. The van der Waals surface area contributed by atoms with E-state index >= 15 is 0 Å². The molecule has 0 radical (unpaired) electrons. The Labute approximate surface area is 132 Å². The van der Waals surface area contributed by atoms with E-state index in [-0.39, 0.29) is 12.1 Å². The molecule has 1 saturated heterocycles. The quantitative estimate of drug-likeness (QED) is 0.925. The first kappa shape index (κ1) is 16.5. The van der Waals surface area contributed by atoms with Gasteiger partial charge in [-0.1, -0.05) is 12.1 Å². The van der Waals surface area contributed by atoms with Gasteiger partial charge in [-0.25, -0.2) is 4.79 Å². The minimum atomic E-state index is -0.458. The molecule has 1 atom stereocenters. The zero-order valence-electron chi connectivity index (χ0n) is 13.9. The van der Waals surface area contributed by atoms with Crippen LogP contribution >= 0.6 is 0 Å². The number of carbonyl (C=O) groups is 1. The smallest absolute Gasteiger partial charge is 0.410 e. The van der Waals surface area contributed by atoms with E-state index in [1.165, 1.54) is 0 Å². The van der Waals surface area contributed by atoms with E-state index in [4.69, 9.17) is 9.47 Å². The Balaban J connectivity index is 1.95. The van der Waals surface area contributed by atoms with Gasteiger partial charge in [0.2, 0.25) is 0 Å². The largest absolute Gasteiger partial charge is 0.495 e. The van der Waals surface area contributed by atoms with Crippen molar-refractivity contribution in [2.24, 2.45) is 0 Å². The normalized spacial score (nSPS) is 18.2. The highest BCUT2D eigenvalue weighted by Crippen LogP contribution is 2.25. The van der Waals surface area contributed by atoms with E-state index in [0.29, 0.717) is 6.54 Å². The van der Waals surface area contributed by atoms with Crippen LogP contribution in [0.3, 0.4) is 0 Å². The Morgan fingerprint density at radius 2 is 2.09 bits per heavy atom. The van der Waals surface area contributed by atoms with Crippen molar-refractivity contribution in [3.05, 3.63) is 24.3 Å². The molecule has 1 aliphatic heterocycles. The van der Waals surface area contributed by atoms with Crippen LogP contribution in [0.2, 0.25) is 0 Å². The highest BCUT2D eigenvalue weighted by molar-refractivity contribution is 5.69. The minimum Gasteiger partial charge on any atom is -0.495 e. The molecule has 22 heavy (non-hydrogen) atoms. The van der Waals surface area contributed by atoms with Crippen molar-refractivity contribution < 1.29 is 14.3 Å². The second kappa shape index (κ2) is 6.90. The van der Waals surface area contributed by atoms with Gasteiger partial charge in [0.05, 0.1) is 18.8 Å². The van der Waals surface area contributed by atoms with E-state index in [9.17, 15) is 4.79 Å². The minimum absolute atomic E-state index is 0.153. The highest BCUT2D eigenvalue weighted by atomic mass is 16.6. The predicted molar refractivity (Wildman–Crippen MR) is 87.4 cm³/mol. The monoisotopic (exact) mass is 306 g/mol. The fourth-order valence-corrected chi connectivity index (χ4v) is 2.63. The maximum absolute atomic E-state index is 12.3. The number of hydrogen-bond donors (Lipinski definition) is 1. The summed E-state index contributed by atoms with van der Waals surface area (Å²) in [4.78, 5) is 14.1. The van der Waals surface area contributed by atoms with Gasteiger partial charge in [0.25, 0.3) is 0 Å². The number of hydrogen-bond acceptors (Lipinski definition) is 4. The Hall–Kier alpha value is -1.91. The Bertz CT molecular complexity index is 511. The number of amides is 1. The molecule has 5 nitrogen and oxygen atoms in total. The van der Waals surface area contributed by atoms with E-state index in [2.05, 4.69) is 5.32 Å². The molecule has 0 saturated carbocycles. The average Bonchev–Trinajstić information content (AvgIpc) is 2.92. The molecule has 0 spiro atoms. The van der Waals surface area contributed by atoms with Crippen LogP contribution < -0.4 is 10.1 Å². The first-order valence-corrected chi connectivity index (χ1v) is 7.77. The van der Waals surface area contributed by atoms with Crippen molar-refractivity contribution >= 4 is 11.8 Å². The lowest BCUT2D eigenvalue weighted by Crippen LogP contribution is -2.42. The number of para-hydroxylation sites is 2. The lowest BCUT2D eigenvalue weighted by Gasteiger charge is -2.29. The molecule has 0 aliphatic carbocycles. The second-order valence-electron chi connectivity index (χ2n) is 6.55. The Morgan fingerprint density at radius 1 is 1.36 bits per heavy atom. The molecule has 0 bridgehead atoms. The summed E-state index contributed by atoms with van der Waals surface area (Å²) in [6.45, 7) is 7.13. The third kappa shape index (κ3) is 4.29. The summed E-state index contributed by atoms with van der Waals surface area (Å²) in [6, 6.07) is 7.95. The molecule has 1 amide bonds. The molecule has 5 heteroatoms. The fraction of sp³-hybridized carbons (Fsp3) is 0.588. The number of methoxy groups -OCH3 is 1. The highest BCUT2D eigenvalue weighted by Gasteiger charge is 2.32. The van der Waals surface area contributed by atoms with Crippen molar-refractivity contribution in [3.8, 4) is 5.75 Å². The van der Waals surface area contributed by atoms with Gasteiger partial charge in [-0.2, -0.15) is 0 Å². The number of nitrogens with one attached hydrogen (secondary N) is 1. The van der Waals surface area contributed by atoms with Gasteiger partial charge in [0, 0.05) is 13.1 Å². The van der Waals surface area contributed by atoms with Gasteiger partial charge in [-0.15, -0.1) is 0 Å². The summed E-state index contributed by atoms with van der Waals surface area (Å²) < 4.78 is 10.8. The second-order valence-corrected chi connectivity index (χ2v) is 6.55. The van der Waals surface area contributed by atoms with Crippen LogP contribution in [0.1, 0.15) is 33.6 Å². The predicted octanol–water partition coefficient (Wildman–Crippen LogP) is 3.51. The summed E-state index contributed by atoms with van der Waals surface area (Å²) in [5.41, 5.74) is 0.487. The molecule has 1 aromatic rings. The molecule has 1 aliphatic rings. The molecule has 0 aromatic heterocycles. The van der Waals surface area contributed by atoms with Gasteiger partial charge in [-0.3, -0.25) is 0 Å². The van der Waals surface area contributed by atoms with E-state index in [1.54, 1.807) is 7.11 Å². The number of likely N-dealkylation sites (tertiary alicyclic amines) is 1. The molecule has 2 rings (SSSR count). The number of rotatable bonds is 4. The van der Waals surface area contributed by atoms with Crippen LogP contribution in [-0.2, 0) is 4.74 Å². The lowest BCUT2D eigenvalue weighted by molar-refractivity contribution is 0.0235. The Morgan fingerprint density at radius 3 is 2.77 bits per heavy atom. The number of ether oxygens (including phenoxy) is 2. The van der Waals surface area contributed by atoms with E-state index < -0.39 is 5.60 Å². The average molecular weight is 306 g/mol. The molecular weight excluding hydrogens is 280 g/mol. The van der Waals surface area contributed by atoms with Crippen LogP contribution in [0.5, 0.6) is 5.75 Å². The molecule has 1 fully saturated rings. The number of benzene rings is 1. The summed E-state index contributed by atoms with van der Waals surface area (Å²) in [6.07, 6.45) is 1.77. The van der Waals surface area contributed by atoms with Crippen molar-refractivity contribution in [2.75, 3.05) is 25.5 Å². The summed E-state index contributed by atoms with van der Waals surface area (Å²) in [7, 11) is 1.66. The van der Waals surface area contributed by atoms with Crippen LogP contribution in [-0.4, -0.2) is 42.8 Å². The maximum atomic E-state index is 12.3. The van der Waals surface area contributed by atoms with Crippen molar-refractivity contribution in [2.45, 2.75) is 45.3 Å². The van der Waals surface area contributed by atoms with E-state index in [1.807, 2.05) is 49.9 Å². The zero-order chi connectivity index (χ0) is 16.2. The van der Waals surface area contributed by atoms with Crippen LogP contribution in [0, 0.1) is 0 Å². The fourth-order valence-electron chi connectivity index (χ4n) is 2.63. The zero-order valence-corrected chi connectivity index (χ0v) is 13.9. The van der Waals surface area contributed by atoms with Gasteiger partial charge in [0.1, 0.15) is 11.4 Å². The first-order chi connectivity index (χ1) is 10.4. The molecule has 1 aromatic carbocycles. The molecule has 122 valence electrons. The summed E-state index contributed by atoms with van der Waals surface area (Å²) >= 11 is 0. The topological polar surface area (TPSA) is 50.8 Å². The van der Waals surface area contributed by atoms with Gasteiger partial charge < -0.3 is 19.7 Å². The number of nitrogens with zero attached hydrogens (tertiary/aromatic N) is 1. The lowest BCUT2D eigenvalue weighted by atomic mass is 10.2. The van der Waals surface area contributed by atoms with Crippen LogP contribution in [0.25, 0.3) is 0 Å². The van der Waals surface area contributed by atoms with Crippen LogP contribution in [0.15, 0.2) is 24.3 Å². The SMILES string of the molecule is COc1ccccc1NCC1CCCN1C(=O)OC(C)(C)C. The molecule has 1 unspecified atom stereocenters. The molecule has 1 heterocycles. The van der Waals surface area contributed by atoms with Gasteiger partial charge in [0.15, 0.2) is 0 Å². The van der Waals surface area contributed by atoms with Crippen molar-refractivity contribution in [3.63, 3.8) is 0 Å². The summed E-state index contributed by atoms with van der Waals surface area (Å²) in [5.74, 6) is 0.810. The van der Waals surface area contributed by atoms with Crippen LogP contribution in [0.4, 0.5) is 10.5 Å². The van der Waals surface area contributed by atoms with Crippen molar-refractivity contribution in [1.29, 1.82) is 0 Å². The van der Waals surface area contributed by atoms with E-state index in [0.717, 1.165) is 30.8 Å². The van der Waals surface area contributed by atoms with Gasteiger partial charge >= 0.3 is 6.09 Å². The van der Waals surface area contributed by atoms with Gasteiger partial charge in [-0.05, 0) is 45.7 Å². The standard InChI is InChI=1S/C17H26N2O3/c1-17(2,3)22-16(20)19-11-7-8-13(19)12-18-14-9-5-6-10-15(14)21-4/h5-6,9-10,13,18H,7-8,11-12H2,1-4H3. The molecular formula is C17H26N2O3. The Kier molecular flexibility index (Phi) is 5.16. The maximum Gasteiger partial charge on any atom is 0.410 e. The van der Waals surface area contributed by atoms with Crippen molar-refractivity contribution in [1.82, 2.24) is 4.90 Å². The summed E-state index contributed by atoms with van der Waals surface area (Å²) in [5, 5.41) is 3.38.